The van der Waals surface area contributed by atoms with Gasteiger partial charge in [-0.3, -0.25) is 4.79 Å². The number of likely N-dealkylation sites (N-methyl/N-ethyl adjacent to an activating group) is 1. The van der Waals surface area contributed by atoms with E-state index in [1.165, 1.54) is 5.69 Å². The van der Waals surface area contributed by atoms with Crippen LogP contribution in [-0.4, -0.2) is 57.4 Å². The minimum absolute atomic E-state index is 0.0114. The maximum Gasteiger partial charge on any atom is 0.260 e. The van der Waals surface area contributed by atoms with Crippen molar-refractivity contribution in [2.45, 2.75) is 19.9 Å². The van der Waals surface area contributed by atoms with Gasteiger partial charge in [0.15, 0.2) is 6.61 Å². The number of carbonyl (C=O) groups excluding carboxylic acids is 1. The van der Waals surface area contributed by atoms with Gasteiger partial charge >= 0.3 is 0 Å². The first-order chi connectivity index (χ1) is 14.2. The van der Waals surface area contributed by atoms with E-state index in [1.54, 1.807) is 11.9 Å². The third-order valence-corrected chi connectivity index (χ3v) is 4.82. The first kappa shape index (κ1) is 21.0. The molecule has 6 nitrogen and oxygen atoms in total. The fraction of sp³-hybridized carbons (Fsp3) is 0.435. The molecular formula is C23H30N2O4. The van der Waals surface area contributed by atoms with Gasteiger partial charge in [-0.25, -0.2) is 0 Å². The van der Waals surface area contributed by atoms with E-state index >= 15 is 0 Å². The third kappa shape index (κ3) is 6.39. The lowest BCUT2D eigenvalue weighted by Gasteiger charge is -2.29. The van der Waals surface area contributed by atoms with Gasteiger partial charge in [0, 0.05) is 32.4 Å². The van der Waals surface area contributed by atoms with Gasteiger partial charge in [0.25, 0.3) is 5.91 Å². The Bertz CT molecular complexity index is 755. The zero-order chi connectivity index (χ0) is 20.5. The maximum absolute atomic E-state index is 12.4. The monoisotopic (exact) mass is 398 g/mol. The molecule has 2 aromatic carbocycles. The molecule has 6 heteroatoms. The Balaban J connectivity index is 1.45. The summed E-state index contributed by atoms with van der Waals surface area (Å²) < 4.78 is 16.6. The fourth-order valence-electron chi connectivity index (χ4n) is 3.10. The second-order valence-electron chi connectivity index (χ2n) is 7.12. The van der Waals surface area contributed by atoms with Crippen LogP contribution in [0.2, 0.25) is 0 Å². The van der Waals surface area contributed by atoms with Crippen molar-refractivity contribution in [1.29, 1.82) is 0 Å². The minimum atomic E-state index is -0.0615. The van der Waals surface area contributed by atoms with Gasteiger partial charge in [-0.15, -0.1) is 0 Å². The molecule has 2 aromatic rings. The van der Waals surface area contributed by atoms with Gasteiger partial charge < -0.3 is 24.0 Å². The molecule has 1 amide bonds. The summed E-state index contributed by atoms with van der Waals surface area (Å²) >= 11 is 0. The van der Waals surface area contributed by atoms with Crippen LogP contribution in [0.15, 0.2) is 48.5 Å². The molecular weight excluding hydrogens is 368 g/mol. The van der Waals surface area contributed by atoms with Gasteiger partial charge in [-0.1, -0.05) is 19.1 Å². The molecule has 0 aliphatic carbocycles. The van der Waals surface area contributed by atoms with E-state index in [1.807, 2.05) is 24.3 Å². The number of hydrogen-bond donors (Lipinski definition) is 0. The van der Waals surface area contributed by atoms with Crippen LogP contribution in [0.3, 0.4) is 0 Å². The fourth-order valence-corrected chi connectivity index (χ4v) is 3.10. The molecule has 1 aliphatic rings. The molecule has 3 rings (SSSR count). The normalized spacial score (nSPS) is 13.8. The van der Waals surface area contributed by atoms with Crippen molar-refractivity contribution < 1.29 is 19.0 Å². The lowest BCUT2D eigenvalue weighted by molar-refractivity contribution is -0.132. The number of ether oxygens (including phenoxy) is 3. The highest BCUT2D eigenvalue weighted by molar-refractivity contribution is 5.77. The van der Waals surface area contributed by atoms with Crippen LogP contribution in [-0.2, 0) is 16.1 Å². The second-order valence-corrected chi connectivity index (χ2v) is 7.12. The molecule has 156 valence electrons. The first-order valence-electron chi connectivity index (χ1n) is 10.2. The molecule has 0 atom stereocenters. The van der Waals surface area contributed by atoms with E-state index < -0.39 is 0 Å². The number of anilines is 1. The zero-order valence-corrected chi connectivity index (χ0v) is 17.3. The Labute approximate surface area is 173 Å². The minimum Gasteiger partial charge on any atom is -0.494 e. The largest absolute Gasteiger partial charge is 0.494 e. The Morgan fingerprint density at radius 3 is 2.24 bits per heavy atom. The molecule has 29 heavy (non-hydrogen) atoms. The summed E-state index contributed by atoms with van der Waals surface area (Å²) in [6.07, 6.45) is 0.967. The lowest BCUT2D eigenvalue weighted by atomic mass is 10.1. The SMILES string of the molecule is CCCOc1ccc(OCC(=O)N(C)Cc2ccc(N3CCOCC3)cc2)cc1. The zero-order valence-electron chi connectivity index (χ0n) is 17.3. The molecule has 1 saturated heterocycles. The van der Waals surface area contributed by atoms with E-state index in [0.29, 0.717) is 18.9 Å². The van der Waals surface area contributed by atoms with Crippen LogP contribution in [0.1, 0.15) is 18.9 Å². The Morgan fingerprint density at radius 2 is 1.62 bits per heavy atom. The first-order valence-corrected chi connectivity index (χ1v) is 10.2. The van der Waals surface area contributed by atoms with Crippen LogP contribution in [0.4, 0.5) is 5.69 Å². The van der Waals surface area contributed by atoms with E-state index in [9.17, 15) is 4.79 Å². The van der Waals surface area contributed by atoms with Gasteiger partial charge in [0.1, 0.15) is 11.5 Å². The van der Waals surface area contributed by atoms with Crippen molar-refractivity contribution in [3.63, 3.8) is 0 Å². The molecule has 0 spiro atoms. The Hall–Kier alpha value is -2.73. The topological polar surface area (TPSA) is 51.2 Å². The standard InChI is InChI=1S/C23H30N2O4/c1-3-14-28-21-8-10-22(11-9-21)29-18-23(26)24(2)17-19-4-6-20(7-5-19)25-12-15-27-16-13-25/h4-11H,3,12-18H2,1-2H3. The van der Waals surface area contributed by atoms with Crippen molar-refractivity contribution in [3.05, 3.63) is 54.1 Å². The Kier molecular flexibility index (Phi) is 7.76. The van der Waals surface area contributed by atoms with Crippen molar-refractivity contribution in [3.8, 4) is 11.5 Å². The van der Waals surface area contributed by atoms with Crippen molar-refractivity contribution in [1.82, 2.24) is 4.90 Å². The molecule has 0 aromatic heterocycles. The van der Waals surface area contributed by atoms with Crippen LogP contribution < -0.4 is 14.4 Å². The second kappa shape index (κ2) is 10.7. The van der Waals surface area contributed by atoms with E-state index in [0.717, 1.165) is 44.0 Å². The van der Waals surface area contributed by atoms with E-state index in [2.05, 4.69) is 36.1 Å². The van der Waals surface area contributed by atoms with Crippen LogP contribution >= 0.6 is 0 Å². The average Bonchev–Trinajstić information content (AvgIpc) is 2.78. The summed E-state index contributed by atoms with van der Waals surface area (Å²) in [6.45, 7) is 6.70. The summed E-state index contributed by atoms with van der Waals surface area (Å²) in [5.74, 6) is 1.40. The van der Waals surface area contributed by atoms with E-state index in [4.69, 9.17) is 14.2 Å². The molecule has 0 N–H and O–H groups in total. The summed E-state index contributed by atoms with van der Waals surface area (Å²) in [5, 5.41) is 0. The van der Waals surface area contributed by atoms with Crippen molar-refractivity contribution in [2.24, 2.45) is 0 Å². The maximum atomic E-state index is 12.4. The van der Waals surface area contributed by atoms with Crippen LogP contribution in [0.25, 0.3) is 0 Å². The lowest BCUT2D eigenvalue weighted by Crippen LogP contribution is -2.36. The number of nitrogens with zero attached hydrogens (tertiary/aromatic N) is 2. The molecule has 1 heterocycles. The highest BCUT2D eigenvalue weighted by Gasteiger charge is 2.13. The van der Waals surface area contributed by atoms with Crippen molar-refractivity contribution in [2.75, 3.05) is 51.5 Å². The number of morpholine rings is 1. The van der Waals surface area contributed by atoms with Crippen molar-refractivity contribution >= 4 is 11.6 Å². The smallest absolute Gasteiger partial charge is 0.260 e. The van der Waals surface area contributed by atoms with Crippen LogP contribution in [0, 0.1) is 0 Å². The molecule has 1 aliphatic heterocycles. The predicted octanol–water partition coefficient (Wildman–Crippen LogP) is 3.35. The van der Waals surface area contributed by atoms with Crippen LogP contribution in [0.5, 0.6) is 11.5 Å². The number of rotatable bonds is 9. The number of carbonyl (C=O) groups is 1. The summed E-state index contributed by atoms with van der Waals surface area (Å²) in [5.41, 5.74) is 2.29. The van der Waals surface area contributed by atoms with Gasteiger partial charge in [0.05, 0.1) is 19.8 Å². The molecule has 0 radical (unpaired) electrons. The van der Waals surface area contributed by atoms with Gasteiger partial charge in [0.2, 0.25) is 0 Å². The number of hydrogen-bond acceptors (Lipinski definition) is 5. The highest BCUT2D eigenvalue weighted by Crippen LogP contribution is 2.19. The number of benzene rings is 2. The number of amides is 1. The molecule has 0 saturated carbocycles. The summed E-state index contributed by atoms with van der Waals surface area (Å²) in [7, 11) is 1.79. The molecule has 1 fully saturated rings. The predicted molar refractivity (Wildman–Crippen MR) is 114 cm³/mol. The van der Waals surface area contributed by atoms with Gasteiger partial charge in [-0.2, -0.15) is 0 Å². The average molecular weight is 399 g/mol. The molecule has 0 bridgehead atoms. The highest BCUT2D eigenvalue weighted by atomic mass is 16.5. The quantitative estimate of drug-likeness (QED) is 0.648. The summed E-state index contributed by atoms with van der Waals surface area (Å²) in [6, 6.07) is 15.7. The van der Waals surface area contributed by atoms with E-state index in [-0.39, 0.29) is 12.5 Å². The van der Waals surface area contributed by atoms with Gasteiger partial charge in [-0.05, 0) is 48.4 Å². The Morgan fingerprint density at radius 1 is 1.00 bits per heavy atom. The molecule has 0 unspecified atom stereocenters. The third-order valence-electron chi connectivity index (χ3n) is 4.82. The summed E-state index contributed by atoms with van der Waals surface area (Å²) in [4.78, 5) is 16.4.